The van der Waals surface area contributed by atoms with Gasteiger partial charge >= 0.3 is 0 Å². The van der Waals surface area contributed by atoms with E-state index < -0.39 is 0 Å². The highest BCUT2D eigenvalue weighted by atomic mass is 16.5. The quantitative estimate of drug-likeness (QED) is 0.845. The summed E-state index contributed by atoms with van der Waals surface area (Å²) in [4.78, 5) is 4.25. The first-order chi connectivity index (χ1) is 8.38. The van der Waals surface area contributed by atoms with Gasteiger partial charge in [-0.05, 0) is 48.4 Å². The van der Waals surface area contributed by atoms with Crippen LogP contribution in [0.2, 0.25) is 0 Å². The summed E-state index contributed by atoms with van der Waals surface area (Å²) in [7, 11) is 1.69. The zero-order chi connectivity index (χ0) is 11.7. The molecule has 3 nitrogen and oxygen atoms in total. The summed E-state index contributed by atoms with van der Waals surface area (Å²) >= 11 is 0. The van der Waals surface area contributed by atoms with Crippen molar-refractivity contribution in [2.75, 3.05) is 20.2 Å². The molecule has 3 heteroatoms. The third-order valence-electron chi connectivity index (χ3n) is 3.95. The standard InChI is InChI=1S/C14H18N2O/c1-17-12-6-11(7-16-8-12)13-3-2-10-4-5-15-9-14(10)13/h3,6-8,10,14-15H,2,4-5,9H2,1H3/t10-,14+/m1/s1. The molecular weight excluding hydrogens is 212 g/mol. The number of aromatic nitrogens is 1. The first-order valence-electron chi connectivity index (χ1n) is 6.28. The largest absolute Gasteiger partial charge is 0.495 e. The topological polar surface area (TPSA) is 34.1 Å². The molecule has 0 unspecified atom stereocenters. The van der Waals surface area contributed by atoms with Crippen molar-refractivity contribution in [3.8, 4) is 5.75 Å². The number of allylic oxidation sites excluding steroid dienone is 1. The van der Waals surface area contributed by atoms with Crippen LogP contribution >= 0.6 is 0 Å². The van der Waals surface area contributed by atoms with Crippen molar-refractivity contribution in [2.45, 2.75) is 12.8 Å². The molecular formula is C14H18N2O. The van der Waals surface area contributed by atoms with E-state index in [1.165, 1.54) is 30.5 Å². The average molecular weight is 230 g/mol. The molecule has 1 fully saturated rings. The Bertz CT molecular complexity index is 442. The molecule has 1 aromatic rings. The van der Waals surface area contributed by atoms with Gasteiger partial charge in [-0.2, -0.15) is 0 Å². The molecule has 1 aliphatic heterocycles. The third-order valence-corrected chi connectivity index (χ3v) is 3.95. The lowest BCUT2D eigenvalue weighted by atomic mass is 9.84. The molecule has 2 heterocycles. The molecule has 90 valence electrons. The molecule has 1 aliphatic carbocycles. The van der Waals surface area contributed by atoms with Gasteiger partial charge in [0, 0.05) is 12.7 Å². The monoisotopic (exact) mass is 230 g/mol. The number of ether oxygens (including phenoxy) is 1. The molecule has 1 N–H and O–H groups in total. The van der Waals surface area contributed by atoms with E-state index in [1.807, 2.05) is 6.20 Å². The normalized spacial score (nSPS) is 27.5. The Balaban J connectivity index is 1.88. The zero-order valence-corrected chi connectivity index (χ0v) is 10.1. The highest BCUT2D eigenvalue weighted by Gasteiger charge is 2.32. The van der Waals surface area contributed by atoms with Crippen LogP contribution in [0.4, 0.5) is 0 Å². The zero-order valence-electron chi connectivity index (χ0n) is 10.1. The van der Waals surface area contributed by atoms with E-state index in [1.54, 1.807) is 13.3 Å². The van der Waals surface area contributed by atoms with Crippen LogP contribution in [0.1, 0.15) is 18.4 Å². The molecule has 0 radical (unpaired) electrons. The van der Waals surface area contributed by atoms with Gasteiger partial charge in [-0.15, -0.1) is 0 Å². The van der Waals surface area contributed by atoms with Crippen LogP contribution in [0.5, 0.6) is 5.75 Å². The van der Waals surface area contributed by atoms with E-state index in [0.29, 0.717) is 5.92 Å². The van der Waals surface area contributed by atoms with Gasteiger partial charge in [0.05, 0.1) is 13.3 Å². The molecule has 0 amide bonds. The molecule has 1 saturated heterocycles. The summed E-state index contributed by atoms with van der Waals surface area (Å²) in [5, 5.41) is 3.49. The lowest BCUT2D eigenvalue weighted by molar-refractivity contribution is 0.328. The highest BCUT2D eigenvalue weighted by molar-refractivity contribution is 5.70. The Morgan fingerprint density at radius 3 is 3.24 bits per heavy atom. The molecule has 2 aliphatic rings. The van der Waals surface area contributed by atoms with E-state index in [0.717, 1.165) is 18.2 Å². The Hall–Kier alpha value is -1.35. The van der Waals surface area contributed by atoms with Crippen molar-refractivity contribution in [1.29, 1.82) is 0 Å². The van der Waals surface area contributed by atoms with Crippen LogP contribution in [-0.2, 0) is 0 Å². The second-order valence-electron chi connectivity index (χ2n) is 4.87. The summed E-state index contributed by atoms with van der Waals surface area (Å²) in [6, 6.07) is 2.09. The van der Waals surface area contributed by atoms with Crippen molar-refractivity contribution < 1.29 is 4.74 Å². The maximum atomic E-state index is 5.25. The number of pyridine rings is 1. The predicted molar refractivity (Wildman–Crippen MR) is 67.8 cm³/mol. The Labute approximate surface area is 102 Å². The van der Waals surface area contributed by atoms with Gasteiger partial charge in [0.25, 0.3) is 0 Å². The Kier molecular flexibility index (Phi) is 2.85. The molecule has 17 heavy (non-hydrogen) atoms. The second-order valence-corrected chi connectivity index (χ2v) is 4.87. The summed E-state index contributed by atoms with van der Waals surface area (Å²) in [5.74, 6) is 2.34. The fourth-order valence-electron chi connectivity index (χ4n) is 3.01. The first-order valence-corrected chi connectivity index (χ1v) is 6.28. The lowest BCUT2D eigenvalue weighted by Crippen LogP contribution is -2.34. The van der Waals surface area contributed by atoms with E-state index in [-0.39, 0.29) is 0 Å². The minimum atomic E-state index is 0.664. The number of fused-ring (bicyclic) bond motifs is 1. The number of hydrogen-bond donors (Lipinski definition) is 1. The molecule has 0 spiro atoms. The predicted octanol–water partition coefficient (Wildman–Crippen LogP) is 2.10. The van der Waals surface area contributed by atoms with Crippen LogP contribution in [0, 0.1) is 11.8 Å². The van der Waals surface area contributed by atoms with Crippen molar-refractivity contribution in [3.63, 3.8) is 0 Å². The average Bonchev–Trinajstić information content (AvgIpc) is 2.82. The highest BCUT2D eigenvalue weighted by Crippen LogP contribution is 2.41. The molecule has 0 saturated carbocycles. The van der Waals surface area contributed by atoms with Crippen molar-refractivity contribution in [1.82, 2.24) is 10.3 Å². The third kappa shape index (κ3) is 1.95. The fourth-order valence-corrected chi connectivity index (χ4v) is 3.01. The van der Waals surface area contributed by atoms with Crippen LogP contribution in [0.3, 0.4) is 0 Å². The number of hydrogen-bond acceptors (Lipinski definition) is 3. The van der Waals surface area contributed by atoms with Gasteiger partial charge in [0.2, 0.25) is 0 Å². The maximum absolute atomic E-state index is 5.25. The molecule has 0 bridgehead atoms. The van der Waals surface area contributed by atoms with E-state index in [2.05, 4.69) is 22.4 Å². The maximum Gasteiger partial charge on any atom is 0.137 e. The first kappa shape index (κ1) is 10.8. The van der Waals surface area contributed by atoms with E-state index in [4.69, 9.17) is 4.74 Å². The molecule has 1 aromatic heterocycles. The number of nitrogens with zero attached hydrogens (tertiary/aromatic N) is 1. The smallest absolute Gasteiger partial charge is 0.137 e. The number of rotatable bonds is 2. The summed E-state index contributed by atoms with van der Waals surface area (Å²) in [6.07, 6.45) is 8.61. The van der Waals surface area contributed by atoms with Gasteiger partial charge in [-0.3, -0.25) is 4.98 Å². The van der Waals surface area contributed by atoms with Gasteiger partial charge in [0.1, 0.15) is 5.75 Å². The van der Waals surface area contributed by atoms with Crippen molar-refractivity contribution in [2.24, 2.45) is 11.8 Å². The van der Waals surface area contributed by atoms with Crippen molar-refractivity contribution in [3.05, 3.63) is 30.1 Å². The van der Waals surface area contributed by atoms with Gasteiger partial charge in [0.15, 0.2) is 0 Å². The number of methoxy groups -OCH3 is 1. The van der Waals surface area contributed by atoms with Crippen LogP contribution < -0.4 is 10.1 Å². The summed E-state index contributed by atoms with van der Waals surface area (Å²) in [6.45, 7) is 2.27. The van der Waals surface area contributed by atoms with Gasteiger partial charge in [-0.25, -0.2) is 0 Å². The molecule has 3 rings (SSSR count). The molecule has 0 aromatic carbocycles. The second kappa shape index (κ2) is 4.49. The minimum absolute atomic E-state index is 0.664. The van der Waals surface area contributed by atoms with Gasteiger partial charge in [-0.1, -0.05) is 6.08 Å². The van der Waals surface area contributed by atoms with Crippen LogP contribution in [0.15, 0.2) is 24.5 Å². The summed E-state index contributed by atoms with van der Waals surface area (Å²) in [5.41, 5.74) is 2.68. The van der Waals surface area contributed by atoms with E-state index in [9.17, 15) is 0 Å². The summed E-state index contributed by atoms with van der Waals surface area (Å²) < 4.78 is 5.25. The fraction of sp³-hybridized carbons (Fsp3) is 0.500. The minimum Gasteiger partial charge on any atom is -0.495 e. The van der Waals surface area contributed by atoms with Crippen LogP contribution in [0.25, 0.3) is 5.57 Å². The lowest BCUT2D eigenvalue weighted by Gasteiger charge is -2.28. The number of nitrogens with one attached hydrogen (secondary N) is 1. The van der Waals surface area contributed by atoms with E-state index >= 15 is 0 Å². The van der Waals surface area contributed by atoms with Gasteiger partial charge < -0.3 is 10.1 Å². The Morgan fingerprint density at radius 2 is 2.35 bits per heavy atom. The molecule has 2 atom stereocenters. The Morgan fingerprint density at radius 1 is 1.41 bits per heavy atom. The van der Waals surface area contributed by atoms with Crippen molar-refractivity contribution >= 4 is 5.57 Å². The number of piperidine rings is 1. The van der Waals surface area contributed by atoms with Crippen LogP contribution in [-0.4, -0.2) is 25.2 Å². The SMILES string of the molecule is COc1cncc(C2=CC[C@@H]3CCNC[C@H]23)c1.